The van der Waals surface area contributed by atoms with E-state index in [1.165, 1.54) is 6.42 Å². The van der Waals surface area contributed by atoms with Crippen molar-refractivity contribution in [3.8, 4) is 0 Å². The quantitative estimate of drug-likeness (QED) is 0.557. The number of hydrogen-bond donors (Lipinski definition) is 1. The van der Waals surface area contributed by atoms with Crippen LogP contribution in [0.25, 0.3) is 0 Å². The van der Waals surface area contributed by atoms with Gasteiger partial charge in [-0.05, 0) is 12.6 Å². The molecule has 0 spiro atoms. The van der Waals surface area contributed by atoms with E-state index in [1.54, 1.807) is 6.34 Å². The van der Waals surface area contributed by atoms with Crippen LogP contribution in [0.3, 0.4) is 0 Å². The molecule has 3 nitrogen and oxygen atoms in total. The van der Waals surface area contributed by atoms with Crippen molar-refractivity contribution in [1.82, 2.24) is 10.2 Å². The maximum Gasteiger partial charge on any atom is 0.119 e. The van der Waals surface area contributed by atoms with E-state index < -0.39 is 0 Å². The molecule has 2 heterocycles. The molecule has 0 aromatic heterocycles. The lowest BCUT2D eigenvalue weighted by Gasteiger charge is -2.22. The molecule has 0 saturated carbocycles. The average Bonchev–Trinajstić information content (AvgIpc) is 2.59. The molecule has 0 aromatic carbocycles. The van der Waals surface area contributed by atoms with E-state index in [0.717, 1.165) is 13.1 Å². The summed E-state index contributed by atoms with van der Waals surface area (Å²) in [6.07, 6.45) is 7.74. The highest BCUT2D eigenvalue weighted by molar-refractivity contribution is 5.57. The highest BCUT2D eigenvalue weighted by Gasteiger charge is 2.17. The molecule has 0 aliphatic carbocycles. The molecule has 54 valence electrons. The largest absolute Gasteiger partial charge is 0.356 e. The van der Waals surface area contributed by atoms with Gasteiger partial charge in [0.2, 0.25) is 0 Å². The van der Waals surface area contributed by atoms with Gasteiger partial charge in [0, 0.05) is 6.54 Å². The fourth-order valence-electron chi connectivity index (χ4n) is 1.31. The summed E-state index contributed by atoms with van der Waals surface area (Å²) < 4.78 is 0. The van der Waals surface area contributed by atoms with Crippen LogP contribution in [0.4, 0.5) is 0 Å². The van der Waals surface area contributed by atoms with Crippen LogP contribution in [0.1, 0.15) is 6.42 Å². The van der Waals surface area contributed by atoms with Gasteiger partial charge in [-0.2, -0.15) is 0 Å². The van der Waals surface area contributed by atoms with Crippen LogP contribution >= 0.6 is 0 Å². The standard InChI is InChI=1S/C7H11N3/c1-2-4-10(3-1)7-5-8-6-9-7/h1,3,6-7H,2,4-5H2,(H,8,9). The summed E-state index contributed by atoms with van der Waals surface area (Å²) in [7, 11) is 0. The van der Waals surface area contributed by atoms with E-state index >= 15 is 0 Å². The Morgan fingerprint density at radius 3 is 3.20 bits per heavy atom. The van der Waals surface area contributed by atoms with E-state index in [4.69, 9.17) is 0 Å². The van der Waals surface area contributed by atoms with Crippen LogP contribution in [0.15, 0.2) is 17.3 Å². The van der Waals surface area contributed by atoms with Crippen molar-refractivity contribution in [2.45, 2.75) is 12.6 Å². The first-order valence-electron chi connectivity index (χ1n) is 3.63. The molecule has 1 N–H and O–H groups in total. The summed E-state index contributed by atoms with van der Waals surface area (Å²) in [5, 5.41) is 3.18. The summed E-state index contributed by atoms with van der Waals surface area (Å²) in [6.45, 7) is 2.03. The average molecular weight is 137 g/mol. The summed E-state index contributed by atoms with van der Waals surface area (Å²) in [4.78, 5) is 6.38. The smallest absolute Gasteiger partial charge is 0.119 e. The zero-order valence-electron chi connectivity index (χ0n) is 5.83. The molecule has 1 unspecified atom stereocenters. The van der Waals surface area contributed by atoms with Gasteiger partial charge >= 0.3 is 0 Å². The van der Waals surface area contributed by atoms with Gasteiger partial charge in [-0.25, -0.2) is 0 Å². The molecular formula is C7H11N3. The highest BCUT2D eigenvalue weighted by Crippen LogP contribution is 2.08. The SMILES string of the molecule is C1=CN(C2CN=CN2)CC1. The molecule has 0 amide bonds. The minimum atomic E-state index is 0.429. The van der Waals surface area contributed by atoms with E-state index in [1.807, 2.05) is 0 Å². The molecule has 0 bridgehead atoms. The van der Waals surface area contributed by atoms with Crippen LogP contribution in [-0.2, 0) is 0 Å². The molecule has 0 fully saturated rings. The first-order valence-corrected chi connectivity index (χ1v) is 3.63. The van der Waals surface area contributed by atoms with Crippen molar-refractivity contribution < 1.29 is 0 Å². The molecule has 1 atom stereocenters. The zero-order valence-corrected chi connectivity index (χ0v) is 5.83. The fourth-order valence-corrected chi connectivity index (χ4v) is 1.31. The Hall–Kier alpha value is -0.990. The number of hydrogen-bond acceptors (Lipinski definition) is 3. The molecule has 2 aliphatic heterocycles. The second-order valence-electron chi connectivity index (χ2n) is 2.59. The molecule has 0 saturated heterocycles. The van der Waals surface area contributed by atoms with E-state index in [2.05, 4.69) is 27.5 Å². The van der Waals surface area contributed by atoms with Crippen molar-refractivity contribution in [3.05, 3.63) is 12.3 Å². The number of rotatable bonds is 1. The first kappa shape index (κ1) is 5.77. The third kappa shape index (κ3) is 0.875. The monoisotopic (exact) mass is 137 g/mol. The summed E-state index contributed by atoms with van der Waals surface area (Å²) in [6, 6.07) is 0. The molecule has 2 rings (SSSR count). The maximum atomic E-state index is 4.10. The van der Waals surface area contributed by atoms with Gasteiger partial charge in [0.25, 0.3) is 0 Å². The zero-order chi connectivity index (χ0) is 6.81. The van der Waals surface area contributed by atoms with Crippen LogP contribution < -0.4 is 5.32 Å². The normalized spacial score (nSPS) is 29.6. The van der Waals surface area contributed by atoms with Crippen molar-refractivity contribution in [2.75, 3.05) is 13.1 Å². The van der Waals surface area contributed by atoms with Crippen molar-refractivity contribution in [1.29, 1.82) is 0 Å². The van der Waals surface area contributed by atoms with Crippen LogP contribution in [-0.4, -0.2) is 30.5 Å². The fraction of sp³-hybridized carbons (Fsp3) is 0.571. The van der Waals surface area contributed by atoms with Gasteiger partial charge < -0.3 is 10.2 Å². The van der Waals surface area contributed by atoms with E-state index in [0.29, 0.717) is 6.17 Å². The Kier molecular flexibility index (Phi) is 1.34. The molecule has 10 heavy (non-hydrogen) atoms. The Morgan fingerprint density at radius 2 is 2.60 bits per heavy atom. The van der Waals surface area contributed by atoms with Crippen molar-refractivity contribution >= 4 is 6.34 Å². The molecule has 0 radical (unpaired) electrons. The molecule has 3 heteroatoms. The Balaban J connectivity index is 1.93. The second-order valence-corrected chi connectivity index (χ2v) is 2.59. The second kappa shape index (κ2) is 2.33. The third-order valence-electron chi connectivity index (χ3n) is 1.89. The molecular weight excluding hydrogens is 126 g/mol. The van der Waals surface area contributed by atoms with Gasteiger partial charge in [-0.15, -0.1) is 0 Å². The van der Waals surface area contributed by atoms with E-state index in [-0.39, 0.29) is 0 Å². The topological polar surface area (TPSA) is 27.6 Å². The first-order chi connectivity index (χ1) is 4.97. The lowest BCUT2D eigenvalue weighted by molar-refractivity contribution is 0.297. The highest BCUT2D eigenvalue weighted by atomic mass is 15.3. The summed E-state index contributed by atoms with van der Waals surface area (Å²) in [5.41, 5.74) is 0. The van der Waals surface area contributed by atoms with Gasteiger partial charge in [-0.3, -0.25) is 4.99 Å². The van der Waals surface area contributed by atoms with Gasteiger partial charge in [0.15, 0.2) is 0 Å². The Morgan fingerprint density at radius 1 is 1.60 bits per heavy atom. The van der Waals surface area contributed by atoms with Crippen molar-refractivity contribution in [2.24, 2.45) is 4.99 Å². The van der Waals surface area contributed by atoms with Gasteiger partial charge in [0.1, 0.15) is 6.17 Å². The number of nitrogens with one attached hydrogen (secondary N) is 1. The Bertz CT molecular complexity index is 166. The van der Waals surface area contributed by atoms with Gasteiger partial charge in [0.05, 0.1) is 12.9 Å². The van der Waals surface area contributed by atoms with Crippen molar-refractivity contribution in [3.63, 3.8) is 0 Å². The maximum absolute atomic E-state index is 4.10. The third-order valence-corrected chi connectivity index (χ3v) is 1.89. The summed E-state index contributed by atoms with van der Waals surface area (Å²) >= 11 is 0. The van der Waals surface area contributed by atoms with Crippen LogP contribution in [0.2, 0.25) is 0 Å². The molecule has 2 aliphatic rings. The predicted molar refractivity (Wildman–Crippen MR) is 40.7 cm³/mol. The predicted octanol–water partition coefficient (Wildman–Crippen LogP) is 0.163. The van der Waals surface area contributed by atoms with E-state index in [9.17, 15) is 0 Å². The number of aliphatic imine (C=N–C) groups is 1. The van der Waals surface area contributed by atoms with Gasteiger partial charge in [-0.1, -0.05) is 6.08 Å². The minimum absolute atomic E-state index is 0.429. The van der Waals surface area contributed by atoms with Crippen LogP contribution in [0, 0.1) is 0 Å². The Labute approximate surface area is 60.4 Å². The lowest BCUT2D eigenvalue weighted by Crippen LogP contribution is -2.39. The molecule has 0 aromatic rings. The van der Waals surface area contributed by atoms with Crippen LogP contribution in [0.5, 0.6) is 0 Å². The lowest BCUT2D eigenvalue weighted by atomic mass is 10.4. The number of nitrogens with zero attached hydrogens (tertiary/aromatic N) is 2. The summed E-state index contributed by atoms with van der Waals surface area (Å²) in [5.74, 6) is 0. The minimum Gasteiger partial charge on any atom is -0.356 e.